The number of carbonyl (C=O) groups is 2. The largest absolute Gasteiger partial charge is 0.493 e. The maximum atomic E-state index is 13.6. The van der Waals surface area contributed by atoms with Crippen LogP contribution in [-0.2, 0) is 29.0 Å². The number of rotatable bonds is 13. The van der Waals surface area contributed by atoms with E-state index in [4.69, 9.17) is 21.1 Å². The van der Waals surface area contributed by atoms with E-state index in [1.807, 2.05) is 67.6 Å². The monoisotopic (exact) mass is 522 g/mol. The zero-order chi connectivity index (χ0) is 26.6. The van der Waals surface area contributed by atoms with Gasteiger partial charge in [-0.25, -0.2) is 0 Å². The Kier molecular flexibility index (Phi) is 10.8. The van der Waals surface area contributed by atoms with Crippen LogP contribution in [-0.4, -0.2) is 43.5 Å². The van der Waals surface area contributed by atoms with Crippen LogP contribution in [0.15, 0.2) is 72.8 Å². The molecule has 0 saturated heterocycles. The highest BCUT2D eigenvalue weighted by atomic mass is 35.5. The van der Waals surface area contributed by atoms with Gasteiger partial charge in [0.05, 0.1) is 14.2 Å². The van der Waals surface area contributed by atoms with Crippen molar-refractivity contribution in [2.75, 3.05) is 20.8 Å². The zero-order valence-electron chi connectivity index (χ0n) is 21.7. The standard InChI is InChI=1S/C30H35ClN2O4/c1-4-8-29(34)33(21-24-11-14-25(31)15-12-24)26(19-22-9-6-5-7-10-22)30(35)32-18-17-23-13-16-27(36-2)28(20-23)37-3/h5-7,9-16,20,26H,4,8,17-19,21H2,1-3H3,(H,32,35)/t26-/m1/s1. The normalized spacial score (nSPS) is 11.5. The Morgan fingerprint density at radius 2 is 1.57 bits per heavy atom. The molecule has 6 nitrogen and oxygen atoms in total. The fraction of sp³-hybridized carbons (Fsp3) is 0.333. The smallest absolute Gasteiger partial charge is 0.243 e. The van der Waals surface area contributed by atoms with E-state index >= 15 is 0 Å². The fourth-order valence-electron chi connectivity index (χ4n) is 4.18. The van der Waals surface area contributed by atoms with Gasteiger partial charge in [-0.2, -0.15) is 0 Å². The number of carbonyl (C=O) groups excluding carboxylic acids is 2. The molecule has 7 heteroatoms. The van der Waals surface area contributed by atoms with Crippen LogP contribution in [0, 0.1) is 0 Å². The minimum atomic E-state index is -0.650. The van der Waals surface area contributed by atoms with Gasteiger partial charge in [-0.1, -0.05) is 67.1 Å². The first-order valence-corrected chi connectivity index (χ1v) is 12.9. The second-order valence-electron chi connectivity index (χ2n) is 8.83. The molecule has 2 amide bonds. The van der Waals surface area contributed by atoms with Gasteiger partial charge in [0, 0.05) is 31.0 Å². The molecule has 0 aromatic heterocycles. The van der Waals surface area contributed by atoms with Crippen LogP contribution in [0.5, 0.6) is 11.5 Å². The summed E-state index contributed by atoms with van der Waals surface area (Å²) in [6, 6.07) is 22.2. The average molecular weight is 523 g/mol. The van der Waals surface area contributed by atoms with Gasteiger partial charge in [-0.05, 0) is 53.8 Å². The van der Waals surface area contributed by atoms with Gasteiger partial charge in [0.25, 0.3) is 0 Å². The van der Waals surface area contributed by atoms with E-state index in [2.05, 4.69) is 5.32 Å². The van der Waals surface area contributed by atoms with E-state index in [1.54, 1.807) is 31.3 Å². The van der Waals surface area contributed by atoms with E-state index in [-0.39, 0.29) is 11.8 Å². The van der Waals surface area contributed by atoms with Crippen molar-refractivity contribution in [3.05, 3.63) is 94.5 Å². The molecular weight excluding hydrogens is 488 g/mol. The molecule has 1 atom stereocenters. The highest BCUT2D eigenvalue weighted by Crippen LogP contribution is 2.27. The number of halogens is 1. The molecule has 0 unspecified atom stereocenters. The van der Waals surface area contributed by atoms with Crippen LogP contribution < -0.4 is 14.8 Å². The molecule has 0 aliphatic carbocycles. The zero-order valence-corrected chi connectivity index (χ0v) is 22.5. The van der Waals surface area contributed by atoms with Crippen molar-refractivity contribution in [2.45, 2.75) is 45.2 Å². The number of nitrogens with zero attached hydrogens (tertiary/aromatic N) is 1. The average Bonchev–Trinajstić information content (AvgIpc) is 2.92. The molecule has 196 valence electrons. The first kappa shape index (κ1) is 28.1. The summed E-state index contributed by atoms with van der Waals surface area (Å²) in [7, 11) is 3.19. The molecule has 3 rings (SSSR count). The van der Waals surface area contributed by atoms with Crippen LogP contribution in [0.1, 0.15) is 36.5 Å². The van der Waals surface area contributed by atoms with Crippen molar-refractivity contribution in [3.8, 4) is 11.5 Å². The number of benzene rings is 3. The molecule has 0 radical (unpaired) electrons. The second-order valence-corrected chi connectivity index (χ2v) is 9.27. The van der Waals surface area contributed by atoms with Gasteiger partial charge >= 0.3 is 0 Å². The van der Waals surface area contributed by atoms with E-state index in [9.17, 15) is 9.59 Å². The SMILES string of the molecule is CCCC(=O)N(Cc1ccc(Cl)cc1)[C@H](Cc1ccccc1)C(=O)NCCc1ccc(OC)c(OC)c1. The Morgan fingerprint density at radius 3 is 2.22 bits per heavy atom. The quantitative estimate of drug-likeness (QED) is 0.324. The van der Waals surface area contributed by atoms with E-state index in [1.165, 1.54) is 0 Å². The summed E-state index contributed by atoms with van der Waals surface area (Å²) < 4.78 is 10.7. The summed E-state index contributed by atoms with van der Waals surface area (Å²) in [6.07, 6.45) is 2.11. The molecule has 37 heavy (non-hydrogen) atoms. The highest BCUT2D eigenvalue weighted by Gasteiger charge is 2.29. The third-order valence-corrected chi connectivity index (χ3v) is 6.41. The molecule has 0 aliphatic rings. The van der Waals surface area contributed by atoms with Crippen molar-refractivity contribution in [1.29, 1.82) is 0 Å². The molecule has 1 N–H and O–H groups in total. The lowest BCUT2D eigenvalue weighted by atomic mass is 10.0. The lowest BCUT2D eigenvalue weighted by Crippen LogP contribution is -2.50. The molecule has 0 fully saturated rings. The van der Waals surface area contributed by atoms with Gasteiger partial charge in [0.1, 0.15) is 6.04 Å². The first-order chi connectivity index (χ1) is 17.9. The van der Waals surface area contributed by atoms with E-state index in [0.29, 0.717) is 55.3 Å². The predicted octanol–water partition coefficient (Wildman–Crippen LogP) is 5.46. The summed E-state index contributed by atoms with van der Waals surface area (Å²) >= 11 is 6.06. The summed E-state index contributed by atoms with van der Waals surface area (Å²) in [5.74, 6) is 1.08. The third-order valence-electron chi connectivity index (χ3n) is 6.16. The first-order valence-electron chi connectivity index (χ1n) is 12.5. The van der Waals surface area contributed by atoms with Crippen LogP contribution in [0.2, 0.25) is 5.02 Å². The summed E-state index contributed by atoms with van der Waals surface area (Å²) in [5, 5.41) is 3.69. The van der Waals surface area contributed by atoms with Gasteiger partial charge in [-0.15, -0.1) is 0 Å². The molecule has 3 aromatic rings. The number of methoxy groups -OCH3 is 2. The predicted molar refractivity (Wildman–Crippen MR) is 147 cm³/mol. The minimum Gasteiger partial charge on any atom is -0.493 e. The van der Waals surface area contributed by atoms with Crippen molar-refractivity contribution < 1.29 is 19.1 Å². The highest BCUT2D eigenvalue weighted by molar-refractivity contribution is 6.30. The summed E-state index contributed by atoms with van der Waals surface area (Å²) in [5.41, 5.74) is 2.93. The molecule has 3 aromatic carbocycles. The number of amides is 2. The lowest BCUT2D eigenvalue weighted by Gasteiger charge is -2.31. The Balaban J connectivity index is 1.80. The van der Waals surface area contributed by atoms with Crippen LogP contribution in [0.3, 0.4) is 0 Å². The van der Waals surface area contributed by atoms with Crippen LogP contribution >= 0.6 is 11.6 Å². The lowest BCUT2D eigenvalue weighted by molar-refractivity contribution is -0.141. The topological polar surface area (TPSA) is 67.9 Å². The van der Waals surface area contributed by atoms with Crippen molar-refractivity contribution in [2.24, 2.45) is 0 Å². The molecule has 0 saturated carbocycles. The Bertz CT molecular complexity index is 1150. The van der Waals surface area contributed by atoms with E-state index < -0.39 is 6.04 Å². The minimum absolute atomic E-state index is 0.0478. The van der Waals surface area contributed by atoms with Crippen LogP contribution in [0.25, 0.3) is 0 Å². The van der Waals surface area contributed by atoms with Crippen LogP contribution in [0.4, 0.5) is 0 Å². The molecule has 0 heterocycles. The number of hydrogen-bond acceptors (Lipinski definition) is 4. The summed E-state index contributed by atoms with van der Waals surface area (Å²) in [6.45, 7) is 2.72. The number of hydrogen-bond donors (Lipinski definition) is 1. The van der Waals surface area contributed by atoms with Gasteiger partial charge in [0.2, 0.25) is 11.8 Å². The Morgan fingerprint density at radius 1 is 0.892 bits per heavy atom. The maximum Gasteiger partial charge on any atom is 0.243 e. The van der Waals surface area contributed by atoms with Gasteiger partial charge < -0.3 is 19.7 Å². The fourth-order valence-corrected chi connectivity index (χ4v) is 4.31. The Hall–Kier alpha value is -3.51. The maximum absolute atomic E-state index is 13.6. The second kappa shape index (κ2) is 14.3. The molecular formula is C30H35ClN2O4. The van der Waals surface area contributed by atoms with Crippen molar-refractivity contribution in [1.82, 2.24) is 10.2 Å². The molecule has 0 aliphatic heterocycles. The summed E-state index contributed by atoms with van der Waals surface area (Å²) in [4.78, 5) is 28.6. The van der Waals surface area contributed by atoms with Gasteiger partial charge in [0.15, 0.2) is 11.5 Å². The van der Waals surface area contributed by atoms with Crippen molar-refractivity contribution in [3.63, 3.8) is 0 Å². The Labute approximate surface area is 224 Å². The number of ether oxygens (including phenoxy) is 2. The van der Waals surface area contributed by atoms with Crippen molar-refractivity contribution >= 4 is 23.4 Å². The van der Waals surface area contributed by atoms with Gasteiger partial charge in [-0.3, -0.25) is 9.59 Å². The number of nitrogens with one attached hydrogen (secondary N) is 1. The molecule has 0 bridgehead atoms. The molecule has 0 spiro atoms. The third kappa shape index (κ3) is 8.25. The van der Waals surface area contributed by atoms with E-state index in [0.717, 1.165) is 16.7 Å².